The first kappa shape index (κ1) is 22.1. The Labute approximate surface area is 199 Å². The second-order valence-electron chi connectivity index (χ2n) is 9.30. The zero-order chi connectivity index (χ0) is 22.7. The quantitative estimate of drug-likeness (QED) is 0.471. The standard InChI is InChI=1S/C25H30ClN5O2/c26-20-4-1-2-6-22(20)33-19-10-16-31(17-11-19)23(21-5-3-14-28-30-21)29-25(12-13-25)24(32)27-15-9-18-7-8-18/h1-6,14,18-19H,7-13,15-17H2,(H,27,32). The smallest absolute Gasteiger partial charge is 0.248 e. The van der Waals surface area contributed by atoms with Crippen molar-refractivity contribution in [1.82, 2.24) is 20.4 Å². The lowest BCUT2D eigenvalue weighted by Gasteiger charge is -2.34. The molecule has 3 aliphatic rings. The third-order valence-electron chi connectivity index (χ3n) is 6.67. The highest BCUT2D eigenvalue weighted by Gasteiger charge is 2.51. The van der Waals surface area contributed by atoms with Crippen LogP contribution < -0.4 is 10.1 Å². The van der Waals surface area contributed by atoms with E-state index in [1.807, 2.05) is 36.4 Å². The molecular weight excluding hydrogens is 438 g/mol. The van der Waals surface area contributed by atoms with Gasteiger partial charge in [-0.2, -0.15) is 5.10 Å². The first-order chi connectivity index (χ1) is 16.1. The Bertz CT molecular complexity index is 999. The number of halogens is 1. The fraction of sp³-hybridized carbons (Fsp3) is 0.520. The van der Waals surface area contributed by atoms with E-state index in [4.69, 9.17) is 21.3 Å². The maximum atomic E-state index is 13.0. The third-order valence-corrected chi connectivity index (χ3v) is 6.99. The molecule has 2 heterocycles. The first-order valence-electron chi connectivity index (χ1n) is 12.0. The van der Waals surface area contributed by atoms with Crippen molar-refractivity contribution in [3.63, 3.8) is 0 Å². The molecule has 2 saturated carbocycles. The minimum atomic E-state index is -0.665. The number of amides is 1. The second-order valence-corrected chi connectivity index (χ2v) is 9.71. The van der Waals surface area contributed by atoms with Crippen molar-refractivity contribution in [2.24, 2.45) is 10.9 Å². The van der Waals surface area contributed by atoms with Gasteiger partial charge in [-0.05, 0) is 49.4 Å². The molecule has 174 valence electrons. The molecule has 33 heavy (non-hydrogen) atoms. The number of nitrogens with zero attached hydrogens (tertiary/aromatic N) is 4. The number of nitrogens with one attached hydrogen (secondary N) is 1. The van der Waals surface area contributed by atoms with Crippen molar-refractivity contribution in [3.8, 4) is 5.75 Å². The summed E-state index contributed by atoms with van der Waals surface area (Å²) in [7, 11) is 0. The van der Waals surface area contributed by atoms with E-state index in [1.54, 1.807) is 6.20 Å². The topological polar surface area (TPSA) is 79.7 Å². The lowest BCUT2D eigenvalue weighted by atomic mass is 10.1. The van der Waals surface area contributed by atoms with Crippen molar-refractivity contribution < 1.29 is 9.53 Å². The predicted molar refractivity (Wildman–Crippen MR) is 128 cm³/mol. The summed E-state index contributed by atoms with van der Waals surface area (Å²) >= 11 is 6.26. The van der Waals surface area contributed by atoms with Crippen LogP contribution in [0.5, 0.6) is 5.75 Å². The van der Waals surface area contributed by atoms with Gasteiger partial charge in [-0.15, -0.1) is 5.10 Å². The van der Waals surface area contributed by atoms with E-state index >= 15 is 0 Å². The summed E-state index contributed by atoms with van der Waals surface area (Å²) in [6.45, 7) is 2.28. The highest BCUT2D eigenvalue weighted by Crippen LogP contribution is 2.41. The van der Waals surface area contributed by atoms with Crippen LogP contribution >= 0.6 is 11.6 Å². The Kier molecular flexibility index (Phi) is 6.49. The number of aliphatic imine (C=N–C) groups is 1. The summed E-state index contributed by atoms with van der Waals surface area (Å²) in [4.78, 5) is 20.2. The number of likely N-dealkylation sites (tertiary alicyclic amines) is 1. The maximum absolute atomic E-state index is 13.0. The Morgan fingerprint density at radius 1 is 1.15 bits per heavy atom. The molecule has 1 N–H and O–H groups in total. The maximum Gasteiger partial charge on any atom is 0.248 e. The zero-order valence-corrected chi connectivity index (χ0v) is 19.5. The van der Waals surface area contributed by atoms with E-state index in [-0.39, 0.29) is 12.0 Å². The lowest BCUT2D eigenvalue weighted by molar-refractivity contribution is -0.123. The molecule has 0 unspecified atom stereocenters. The van der Waals surface area contributed by atoms with E-state index in [1.165, 1.54) is 12.8 Å². The number of carbonyl (C=O) groups is 1. The van der Waals surface area contributed by atoms with Crippen molar-refractivity contribution in [3.05, 3.63) is 53.3 Å². The van der Waals surface area contributed by atoms with E-state index < -0.39 is 5.54 Å². The molecule has 2 aliphatic carbocycles. The Hall–Kier alpha value is -2.67. The molecule has 8 heteroatoms. The fourth-order valence-corrected chi connectivity index (χ4v) is 4.47. The first-order valence-corrected chi connectivity index (χ1v) is 12.3. The molecule has 2 aromatic rings. The Morgan fingerprint density at radius 2 is 1.94 bits per heavy atom. The Balaban J connectivity index is 1.27. The van der Waals surface area contributed by atoms with Crippen LogP contribution in [0.1, 0.15) is 50.6 Å². The summed E-state index contributed by atoms with van der Waals surface area (Å²) in [5.74, 6) is 2.32. The van der Waals surface area contributed by atoms with E-state index in [9.17, 15) is 4.79 Å². The van der Waals surface area contributed by atoms with Crippen molar-refractivity contribution in [2.45, 2.75) is 56.6 Å². The molecule has 0 atom stereocenters. The molecule has 7 nitrogen and oxygen atoms in total. The Morgan fingerprint density at radius 3 is 2.61 bits per heavy atom. The van der Waals surface area contributed by atoms with Crippen LogP contribution in [0.3, 0.4) is 0 Å². The average Bonchev–Trinajstić information content (AvgIpc) is 3.77. The van der Waals surface area contributed by atoms with Gasteiger partial charge in [-0.1, -0.05) is 36.6 Å². The number of hydrogen-bond donors (Lipinski definition) is 1. The summed E-state index contributed by atoms with van der Waals surface area (Å²) < 4.78 is 6.15. The van der Waals surface area contributed by atoms with Gasteiger partial charge in [-0.3, -0.25) is 4.79 Å². The highest BCUT2D eigenvalue weighted by molar-refractivity contribution is 6.32. The lowest BCUT2D eigenvalue weighted by Crippen LogP contribution is -2.44. The molecule has 0 spiro atoms. The number of carbonyl (C=O) groups excluding carboxylic acids is 1. The summed E-state index contributed by atoms with van der Waals surface area (Å²) in [5.41, 5.74) is 0.0430. The van der Waals surface area contributed by atoms with Gasteiger partial charge in [0.2, 0.25) is 5.91 Å². The number of ether oxygens (including phenoxy) is 1. The van der Waals surface area contributed by atoms with Gasteiger partial charge in [0.25, 0.3) is 0 Å². The molecule has 0 bridgehead atoms. The molecule has 3 fully saturated rings. The van der Waals surface area contributed by atoms with Gasteiger partial charge >= 0.3 is 0 Å². The van der Waals surface area contributed by atoms with E-state index in [2.05, 4.69) is 20.4 Å². The molecule has 1 aromatic heterocycles. The van der Waals surface area contributed by atoms with Crippen molar-refractivity contribution in [2.75, 3.05) is 19.6 Å². The van der Waals surface area contributed by atoms with Crippen LogP contribution in [0.4, 0.5) is 0 Å². The molecule has 0 radical (unpaired) electrons. The van der Waals surface area contributed by atoms with Crippen LogP contribution in [0.15, 0.2) is 47.6 Å². The van der Waals surface area contributed by atoms with Crippen LogP contribution in [-0.4, -0.2) is 58.1 Å². The van der Waals surface area contributed by atoms with Gasteiger partial charge in [-0.25, -0.2) is 4.99 Å². The number of piperidine rings is 1. The average molecular weight is 468 g/mol. The van der Waals surface area contributed by atoms with Gasteiger partial charge in [0.1, 0.15) is 23.1 Å². The van der Waals surface area contributed by atoms with Crippen LogP contribution in [0.25, 0.3) is 0 Å². The molecular formula is C25H30ClN5O2. The van der Waals surface area contributed by atoms with E-state index in [0.29, 0.717) is 10.7 Å². The van der Waals surface area contributed by atoms with Gasteiger partial charge < -0.3 is 15.0 Å². The van der Waals surface area contributed by atoms with Crippen molar-refractivity contribution in [1.29, 1.82) is 0 Å². The third kappa shape index (κ3) is 5.46. The van der Waals surface area contributed by atoms with Crippen LogP contribution in [-0.2, 0) is 4.79 Å². The number of aromatic nitrogens is 2. The van der Waals surface area contributed by atoms with E-state index in [0.717, 1.165) is 69.2 Å². The number of amidine groups is 1. The monoisotopic (exact) mass is 467 g/mol. The molecule has 1 aliphatic heterocycles. The highest BCUT2D eigenvalue weighted by atomic mass is 35.5. The van der Waals surface area contributed by atoms with Gasteiger partial charge in [0.15, 0.2) is 5.84 Å². The zero-order valence-electron chi connectivity index (χ0n) is 18.8. The fourth-order valence-electron chi connectivity index (χ4n) is 4.29. The molecule has 1 amide bonds. The molecule has 1 aromatic carbocycles. The minimum Gasteiger partial charge on any atom is -0.489 e. The SMILES string of the molecule is O=C(NCCC1CC1)C1(N=C(c2cccnn2)N2CCC(Oc3ccccc3Cl)CC2)CC1. The minimum absolute atomic E-state index is 0.0430. The largest absolute Gasteiger partial charge is 0.489 e. The molecule has 5 rings (SSSR count). The number of para-hydroxylation sites is 1. The number of rotatable bonds is 8. The van der Waals surface area contributed by atoms with Crippen LogP contribution in [0, 0.1) is 5.92 Å². The normalized spacial score (nSPS) is 20.4. The summed E-state index contributed by atoms with van der Waals surface area (Å²) in [5, 5.41) is 12.1. The second kappa shape index (κ2) is 9.67. The number of hydrogen-bond acceptors (Lipinski definition) is 5. The van der Waals surface area contributed by atoms with Crippen LogP contribution in [0.2, 0.25) is 5.02 Å². The predicted octanol–water partition coefficient (Wildman–Crippen LogP) is 3.87. The van der Waals surface area contributed by atoms with Gasteiger partial charge in [0.05, 0.1) is 5.02 Å². The molecule has 1 saturated heterocycles. The summed E-state index contributed by atoms with van der Waals surface area (Å²) in [6.07, 6.45) is 8.64. The van der Waals surface area contributed by atoms with Crippen molar-refractivity contribution >= 4 is 23.3 Å². The van der Waals surface area contributed by atoms with Gasteiger partial charge in [0, 0.05) is 38.7 Å². The summed E-state index contributed by atoms with van der Waals surface area (Å²) in [6, 6.07) is 11.4. The number of benzene rings is 1.